The minimum Gasteiger partial charge on any atom is -0.481 e. The number of hydrogen-bond acceptors (Lipinski definition) is 9. The Morgan fingerprint density at radius 1 is 1.08 bits per heavy atom. The molecule has 0 aliphatic heterocycles. The van der Waals surface area contributed by atoms with Gasteiger partial charge in [0.25, 0.3) is 0 Å². The maximum atomic E-state index is 13.5. The van der Waals surface area contributed by atoms with Crippen molar-refractivity contribution in [2.45, 2.75) is 25.2 Å². The second-order valence-corrected chi connectivity index (χ2v) is 10.0. The van der Waals surface area contributed by atoms with E-state index in [4.69, 9.17) is 16.0 Å². The van der Waals surface area contributed by atoms with Gasteiger partial charge in [-0.2, -0.15) is 0 Å². The van der Waals surface area contributed by atoms with Crippen LogP contribution in [0.15, 0.2) is 54.9 Å². The topological polar surface area (TPSA) is 138 Å². The van der Waals surface area contributed by atoms with Crippen molar-refractivity contribution in [3.05, 3.63) is 77.7 Å². The molecular weight excluding hydrogens is 496 g/mol. The lowest BCUT2D eigenvalue weighted by atomic mass is 10.2. The number of anilines is 1. The summed E-state index contributed by atoms with van der Waals surface area (Å²) in [7, 11) is -1.21. The van der Waals surface area contributed by atoms with Crippen molar-refractivity contribution < 1.29 is 17.9 Å². The Bertz CT molecular complexity index is 1550. The first kappa shape index (κ1) is 25.7. The van der Waals surface area contributed by atoms with Crippen molar-refractivity contribution >= 4 is 21.7 Å². The molecule has 12 nitrogen and oxygen atoms in total. The summed E-state index contributed by atoms with van der Waals surface area (Å²) in [6.45, 7) is 10.7. The molecule has 0 fully saturated rings. The number of hydrogen-bond donors (Lipinski definition) is 1. The number of benzene rings is 1. The molecule has 13 heteroatoms. The first-order valence-corrected chi connectivity index (χ1v) is 12.6. The van der Waals surface area contributed by atoms with Crippen LogP contribution < -0.4 is 9.46 Å². The number of ether oxygens (including phenoxy) is 2. The van der Waals surface area contributed by atoms with E-state index in [0.717, 1.165) is 5.56 Å². The molecule has 0 bridgehead atoms. The lowest BCUT2D eigenvalue weighted by Crippen LogP contribution is -2.33. The first-order chi connectivity index (χ1) is 17.8. The summed E-state index contributed by atoms with van der Waals surface area (Å²) >= 11 is 0. The standard InChI is InChI=1S/C24H24N8O4S/c1-15-13-26-22(27-14-15)21(36-5)16(2)37(33,34)31-24-30-29-23(19-10-7-11-20(28-19)35-4)32(24)18-9-6-8-17(12-18)25-3/h6-14,16,21H,1-2,4-5H3,(H,30,31)/t16-,21-/m0/s1. The number of nitrogens with zero attached hydrogens (tertiary/aromatic N) is 7. The molecule has 0 aliphatic rings. The SMILES string of the molecule is [C-]#[N+]c1cccc(-n2c(NS(=O)(=O)[C@@H](C)[C@H](OC)c3ncc(C)cn3)nnc2-c2cccc(OC)n2)c1. The lowest BCUT2D eigenvalue weighted by Gasteiger charge is -2.22. The quantitative estimate of drug-likeness (QED) is 0.329. The predicted molar refractivity (Wildman–Crippen MR) is 136 cm³/mol. The van der Waals surface area contributed by atoms with Crippen LogP contribution in [0, 0.1) is 13.5 Å². The Hall–Kier alpha value is -4.41. The highest BCUT2D eigenvalue weighted by Gasteiger charge is 2.34. The van der Waals surface area contributed by atoms with E-state index in [2.05, 4.69) is 34.7 Å². The van der Waals surface area contributed by atoms with E-state index in [0.29, 0.717) is 22.9 Å². The van der Waals surface area contributed by atoms with Crippen LogP contribution in [0.3, 0.4) is 0 Å². The minimum atomic E-state index is -4.09. The molecule has 3 aromatic heterocycles. The number of sulfonamides is 1. The average molecular weight is 521 g/mol. The maximum absolute atomic E-state index is 13.5. The van der Waals surface area contributed by atoms with Crippen molar-refractivity contribution in [3.8, 4) is 23.1 Å². The zero-order valence-electron chi connectivity index (χ0n) is 20.5. The van der Waals surface area contributed by atoms with Crippen LogP contribution in [-0.4, -0.2) is 57.6 Å². The van der Waals surface area contributed by atoms with Crippen LogP contribution in [0.2, 0.25) is 0 Å². The molecule has 37 heavy (non-hydrogen) atoms. The van der Waals surface area contributed by atoms with Crippen molar-refractivity contribution in [3.63, 3.8) is 0 Å². The van der Waals surface area contributed by atoms with Gasteiger partial charge in [-0.25, -0.2) is 28.2 Å². The van der Waals surface area contributed by atoms with Crippen LogP contribution in [0.1, 0.15) is 24.4 Å². The van der Waals surface area contributed by atoms with E-state index in [9.17, 15) is 8.42 Å². The molecular formula is C24H24N8O4S. The second-order valence-electron chi connectivity index (χ2n) is 8.01. The van der Waals surface area contributed by atoms with Gasteiger partial charge >= 0.3 is 0 Å². The second kappa shape index (κ2) is 10.7. The van der Waals surface area contributed by atoms with Gasteiger partial charge in [-0.3, -0.25) is 9.29 Å². The highest BCUT2D eigenvalue weighted by atomic mass is 32.2. The molecule has 1 N–H and O–H groups in total. The normalized spacial score (nSPS) is 12.9. The molecule has 3 heterocycles. The highest BCUT2D eigenvalue weighted by molar-refractivity contribution is 7.93. The molecule has 190 valence electrons. The van der Waals surface area contributed by atoms with Gasteiger partial charge in [-0.05, 0) is 37.6 Å². The van der Waals surface area contributed by atoms with Gasteiger partial charge in [0.15, 0.2) is 17.3 Å². The lowest BCUT2D eigenvalue weighted by molar-refractivity contribution is 0.0949. The molecule has 0 aliphatic carbocycles. The Labute approximate surface area is 214 Å². The molecule has 0 saturated carbocycles. The molecule has 4 aromatic rings. The van der Waals surface area contributed by atoms with E-state index in [1.165, 1.54) is 25.7 Å². The number of aromatic nitrogens is 6. The number of pyridine rings is 1. The van der Waals surface area contributed by atoms with Crippen LogP contribution in [0.25, 0.3) is 22.1 Å². The number of rotatable bonds is 9. The largest absolute Gasteiger partial charge is 0.481 e. The zero-order chi connectivity index (χ0) is 26.6. The first-order valence-electron chi connectivity index (χ1n) is 11.0. The van der Waals surface area contributed by atoms with E-state index in [1.54, 1.807) is 54.9 Å². The van der Waals surface area contributed by atoms with Crippen LogP contribution >= 0.6 is 0 Å². The van der Waals surface area contributed by atoms with E-state index in [-0.39, 0.29) is 17.6 Å². The monoisotopic (exact) mass is 520 g/mol. The molecule has 0 radical (unpaired) electrons. The summed E-state index contributed by atoms with van der Waals surface area (Å²) in [4.78, 5) is 16.3. The molecule has 0 unspecified atom stereocenters. The third-order valence-electron chi connectivity index (χ3n) is 5.50. The third kappa shape index (κ3) is 5.40. The molecule has 2 atom stereocenters. The van der Waals surface area contributed by atoms with E-state index in [1.807, 2.05) is 6.92 Å². The smallest absolute Gasteiger partial charge is 0.243 e. The fraction of sp³-hybridized carbons (Fsp3) is 0.250. The predicted octanol–water partition coefficient (Wildman–Crippen LogP) is 3.51. The summed E-state index contributed by atoms with van der Waals surface area (Å²) in [6, 6.07) is 11.7. The fourth-order valence-corrected chi connectivity index (χ4v) is 4.69. The number of aryl methyl sites for hydroxylation is 1. The van der Waals surface area contributed by atoms with Gasteiger partial charge in [0.1, 0.15) is 17.0 Å². The zero-order valence-corrected chi connectivity index (χ0v) is 21.3. The van der Waals surface area contributed by atoms with Crippen molar-refractivity contribution in [2.75, 3.05) is 18.9 Å². The van der Waals surface area contributed by atoms with Gasteiger partial charge < -0.3 is 9.47 Å². The van der Waals surface area contributed by atoms with Crippen LogP contribution in [0.5, 0.6) is 5.88 Å². The van der Waals surface area contributed by atoms with E-state index < -0.39 is 21.4 Å². The molecule has 0 amide bonds. The number of methoxy groups -OCH3 is 2. The Morgan fingerprint density at radius 2 is 1.81 bits per heavy atom. The van der Waals surface area contributed by atoms with Gasteiger partial charge in [0.2, 0.25) is 21.9 Å². The summed E-state index contributed by atoms with van der Waals surface area (Å²) in [5, 5.41) is 7.22. The summed E-state index contributed by atoms with van der Waals surface area (Å²) in [5.74, 6) is 0.738. The third-order valence-corrected chi connectivity index (χ3v) is 7.19. The van der Waals surface area contributed by atoms with Crippen LogP contribution in [0.4, 0.5) is 11.6 Å². The average Bonchev–Trinajstić information content (AvgIpc) is 3.33. The van der Waals surface area contributed by atoms with Crippen molar-refractivity contribution in [1.82, 2.24) is 29.7 Å². The highest BCUT2D eigenvalue weighted by Crippen LogP contribution is 2.30. The number of nitrogens with one attached hydrogen (secondary N) is 1. The molecule has 4 rings (SSSR count). The fourth-order valence-electron chi connectivity index (χ4n) is 3.55. The molecule has 0 saturated heterocycles. The molecule has 0 spiro atoms. The summed E-state index contributed by atoms with van der Waals surface area (Å²) < 4.78 is 41.6. The van der Waals surface area contributed by atoms with Gasteiger partial charge in [-0.15, -0.1) is 10.2 Å². The van der Waals surface area contributed by atoms with Crippen LogP contribution in [-0.2, 0) is 14.8 Å². The minimum absolute atomic E-state index is 0.0896. The van der Waals surface area contributed by atoms with E-state index >= 15 is 0 Å². The molecule has 1 aromatic carbocycles. The summed E-state index contributed by atoms with van der Waals surface area (Å²) in [6.07, 6.45) is 2.24. The van der Waals surface area contributed by atoms with Gasteiger partial charge in [0, 0.05) is 31.3 Å². The summed E-state index contributed by atoms with van der Waals surface area (Å²) in [5.41, 5.74) is 2.05. The maximum Gasteiger partial charge on any atom is 0.243 e. The van der Waals surface area contributed by atoms with Gasteiger partial charge in [-0.1, -0.05) is 18.2 Å². The van der Waals surface area contributed by atoms with Gasteiger partial charge in [0.05, 0.1) is 13.7 Å². The van der Waals surface area contributed by atoms with Crippen molar-refractivity contribution in [2.24, 2.45) is 0 Å². The Balaban J connectivity index is 1.78. The van der Waals surface area contributed by atoms with Crippen molar-refractivity contribution in [1.29, 1.82) is 0 Å². The Morgan fingerprint density at radius 3 is 2.49 bits per heavy atom. The Kier molecular flexibility index (Phi) is 7.42.